The molecule has 1 aliphatic rings. The van der Waals surface area contributed by atoms with Crippen LogP contribution in [-0.4, -0.2) is 17.0 Å². The number of anilines is 1. The van der Waals surface area contributed by atoms with Gasteiger partial charge in [-0.3, -0.25) is 0 Å². The predicted octanol–water partition coefficient (Wildman–Crippen LogP) is 3.18. The van der Waals surface area contributed by atoms with Gasteiger partial charge in [-0.2, -0.15) is 9.64 Å². The van der Waals surface area contributed by atoms with Crippen molar-refractivity contribution in [1.82, 2.24) is 4.37 Å². The third-order valence-electron chi connectivity index (χ3n) is 3.08. The topological polar surface area (TPSA) is 39.9 Å². The van der Waals surface area contributed by atoms with E-state index < -0.39 is 0 Å². The molecule has 1 aromatic heterocycles. The molecular weight excluding hydrogens is 230 g/mol. The van der Waals surface area contributed by atoms with Crippen LogP contribution < -0.4 is 4.90 Å². The summed E-state index contributed by atoms with van der Waals surface area (Å²) in [7, 11) is 0. The van der Waals surface area contributed by atoms with Crippen molar-refractivity contribution in [3.8, 4) is 6.07 Å². The molecule has 0 N–H and O–H groups in total. The van der Waals surface area contributed by atoms with Crippen molar-refractivity contribution < 1.29 is 0 Å². The second-order valence-corrected chi connectivity index (χ2v) is 5.09. The first kappa shape index (κ1) is 10.5. The van der Waals surface area contributed by atoms with Crippen LogP contribution in [-0.2, 0) is 0 Å². The molecule has 3 nitrogen and oxygen atoms in total. The van der Waals surface area contributed by atoms with Crippen LogP contribution in [0.2, 0.25) is 0 Å². The van der Waals surface area contributed by atoms with E-state index in [1.54, 1.807) is 11.5 Å². The fourth-order valence-corrected chi connectivity index (χ4v) is 3.05. The van der Waals surface area contributed by atoms with E-state index in [9.17, 15) is 0 Å². The van der Waals surface area contributed by atoms with Crippen LogP contribution in [0.4, 0.5) is 5.00 Å². The number of aromatic nitrogens is 1. The van der Waals surface area contributed by atoms with Gasteiger partial charge in [0.25, 0.3) is 0 Å². The number of benzene rings is 1. The van der Waals surface area contributed by atoms with E-state index in [1.165, 1.54) is 23.2 Å². The molecule has 2 aromatic rings. The summed E-state index contributed by atoms with van der Waals surface area (Å²) in [6.45, 7) is 0.827. The van der Waals surface area contributed by atoms with E-state index in [1.807, 2.05) is 12.1 Å². The highest BCUT2D eigenvalue weighted by molar-refractivity contribution is 7.11. The van der Waals surface area contributed by atoms with Crippen LogP contribution >= 0.6 is 11.5 Å². The van der Waals surface area contributed by atoms with Crippen molar-refractivity contribution in [2.45, 2.75) is 25.3 Å². The number of nitrogens with zero attached hydrogens (tertiary/aromatic N) is 3. The minimum absolute atomic E-state index is 0.586. The summed E-state index contributed by atoms with van der Waals surface area (Å²) in [4.78, 5) is 2.36. The minimum atomic E-state index is 0.586. The molecule has 0 amide bonds. The van der Waals surface area contributed by atoms with Gasteiger partial charge in [-0.25, -0.2) is 0 Å². The van der Waals surface area contributed by atoms with Gasteiger partial charge in [0.2, 0.25) is 0 Å². The molecule has 0 bridgehead atoms. The van der Waals surface area contributed by atoms with Crippen molar-refractivity contribution in [3.63, 3.8) is 0 Å². The smallest absolute Gasteiger partial charge is 0.120 e. The molecule has 0 saturated heterocycles. The van der Waals surface area contributed by atoms with Crippen molar-refractivity contribution in [1.29, 1.82) is 5.26 Å². The van der Waals surface area contributed by atoms with Crippen molar-refractivity contribution in [2.75, 3.05) is 11.4 Å². The van der Waals surface area contributed by atoms with Gasteiger partial charge in [-0.05, 0) is 36.5 Å². The van der Waals surface area contributed by atoms with Crippen LogP contribution in [0.25, 0.3) is 10.9 Å². The van der Waals surface area contributed by atoms with Gasteiger partial charge in [-0.15, -0.1) is 0 Å². The van der Waals surface area contributed by atoms with Crippen molar-refractivity contribution >= 4 is 27.4 Å². The molecule has 3 rings (SSSR count). The van der Waals surface area contributed by atoms with E-state index in [-0.39, 0.29) is 0 Å². The van der Waals surface area contributed by atoms with E-state index >= 15 is 0 Å². The van der Waals surface area contributed by atoms with E-state index in [4.69, 9.17) is 5.26 Å². The van der Waals surface area contributed by atoms with Crippen LogP contribution in [0.1, 0.15) is 19.3 Å². The zero-order valence-electron chi connectivity index (χ0n) is 9.47. The van der Waals surface area contributed by atoms with Gasteiger partial charge in [-0.1, -0.05) is 12.1 Å². The van der Waals surface area contributed by atoms with Crippen LogP contribution in [0, 0.1) is 11.3 Å². The third-order valence-corrected chi connectivity index (χ3v) is 3.99. The lowest BCUT2D eigenvalue weighted by atomic mass is 10.2. The lowest BCUT2D eigenvalue weighted by molar-refractivity contribution is 0.804. The van der Waals surface area contributed by atoms with Gasteiger partial charge in [0.1, 0.15) is 5.00 Å². The molecule has 1 heterocycles. The van der Waals surface area contributed by atoms with Gasteiger partial charge in [0, 0.05) is 18.0 Å². The van der Waals surface area contributed by atoms with Crippen LogP contribution in [0.15, 0.2) is 24.3 Å². The summed E-state index contributed by atoms with van der Waals surface area (Å²) in [6.07, 6.45) is 3.08. The molecule has 1 saturated carbocycles. The largest absolute Gasteiger partial charge is 0.358 e. The second kappa shape index (κ2) is 4.34. The summed E-state index contributed by atoms with van der Waals surface area (Å²) < 4.78 is 4.47. The highest BCUT2D eigenvalue weighted by Gasteiger charge is 2.30. The Morgan fingerprint density at radius 1 is 1.41 bits per heavy atom. The summed E-state index contributed by atoms with van der Waals surface area (Å²) >= 11 is 1.56. The second-order valence-electron chi connectivity index (χ2n) is 4.34. The Balaban J connectivity index is 1.97. The lowest BCUT2D eigenvalue weighted by Gasteiger charge is -2.21. The van der Waals surface area contributed by atoms with E-state index in [2.05, 4.69) is 27.5 Å². The zero-order chi connectivity index (χ0) is 11.7. The molecule has 1 aromatic carbocycles. The Hall–Kier alpha value is -1.60. The quantitative estimate of drug-likeness (QED) is 0.828. The zero-order valence-corrected chi connectivity index (χ0v) is 10.3. The van der Waals surface area contributed by atoms with Gasteiger partial charge in [0.05, 0.1) is 18.0 Å². The fourth-order valence-electron chi connectivity index (χ4n) is 2.09. The normalized spacial score (nSPS) is 14.8. The summed E-state index contributed by atoms with van der Waals surface area (Å²) in [5.41, 5.74) is 1.06. The molecule has 86 valence electrons. The highest BCUT2D eigenvalue weighted by Crippen LogP contribution is 2.38. The first-order valence-electron chi connectivity index (χ1n) is 5.88. The van der Waals surface area contributed by atoms with E-state index in [0.29, 0.717) is 12.5 Å². The van der Waals surface area contributed by atoms with E-state index in [0.717, 1.165) is 12.1 Å². The van der Waals surface area contributed by atoms with Gasteiger partial charge < -0.3 is 4.90 Å². The minimum Gasteiger partial charge on any atom is -0.358 e. The first-order chi connectivity index (χ1) is 8.40. The maximum absolute atomic E-state index is 8.74. The molecule has 0 aliphatic heterocycles. The number of fused-ring (bicyclic) bond motifs is 1. The fraction of sp³-hybridized carbons (Fsp3) is 0.385. The Morgan fingerprint density at radius 2 is 2.24 bits per heavy atom. The summed E-state index contributed by atoms with van der Waals surface area (Å²) in [5.74, 6) is 0. The standard InChI is InChI=1S/C13H13N3S/c14-8-3-9-16(10-6-7-10)13-11-4-1-2-5-12(11)15-17-13/h1-2,4-5,10H,3,6-7,9H2. The Morgan fingerprint density at radius 3 is 3.00 bits per heavy atom. The SMILES string of the molecule is N#CCCN(c1snc2ccccc12)C1CC1. The predicted molar refractivity (Wildman–Crippen MR) is 70.2 cm³/mol. The third kappa shape index (κ3) is 1.98. The molecule has 0 radical (unpaired) electrons. The Kier molecular flexibility index (Phi) is 2.69. The number of hydrogen-bond acceptors (Lipinski definition) is 4. The monoisotopic (exact) mass is 243 g/mol. The Labute approximate surface area is 104 Å². The summed E-state index contributed by atoms with van der Waals surface area (Å²) in [5, 5.41) is 11.2. The maximum atomic E-state index is 8.74. The van der Waals surface area contributed by atoms with Crippen LogP contribution in [0.5, 0.6) is 0 Å². The highest BCUT2D eigenvalue weighted by atomic mass is 32.1. The Bertz CT molecular complexity index is 565. The maximum Gasteiger partial charge on any atom is 0.120 e. The average Bonchev–Trinajstić information content (AvgIpc) is 3.11. The molecule has 1 fully saturated rings. The van der Waals surface area contributed by atoms with Crippen LogP contribution in [0.3, 0.4) is 0 Å². The molecule has 0 unspecified atom stereocenters. The molecule has 0 atom stereocenters. The van der Waals surface area contributed by atoms with Crippen molar-refractivity contribution in [3.05, 3.63) is 24.3 Å². The first-order valence-corrected chi connectivity index (χ1v) is 6.65. The molecule has 1 aliphatic carbocycles. The average molecular weight is 243 g/mol. The molecule has 17 heavy (non-hydrogen) atoms. The number of hydrogen-bond donors (Lipinski definition) is 0. The summed E-state index contributed by atoms with van der Waals surface area (Å²) in [6, 6.07) is 11.1. The lowest BCUT2D eigenvalue weighted by Crippen LogP contribution is -2.25. The number of rotatable bonds is 4. The van der Waals surface area contributed by atoms with Crippen molar-refractivity contribution in [2.24, 2.45) is 0 Å². The molecular formula is C13H13N3S. The van der Waals surface area contributed by atoms with Gasteiger partial charge in [0.15, 0.2) is 0 Å². The number of nitriles is 1. The molecule has 0 spiro atoms. The molecule has 4 heteroatoms. The van der Waals surface area contributed by atoms with Gasteiger partial charge >= 0.3 is 0 Å².